The van der Waals surface area contributed by atoms with Crippen molar-refractivity contribution in [2.45, 2.75) is 49.9 Å². The first-order chi connectivity index (χ1) is 13.6. The van der Waals surface area contributed by atoms with Gasteiger partial charge in [0, 0.05) is 42.2 Å². The lowest BCUT2D eigenvalue weighted by Crippen LogP contribution is -2.45. The average molecular weight is 380 g/mol. The molecule has 2 aromatic rings. The molecule has 1 saturated heterocycles. The van der Waals surface area contributed by atoms with Gasteiger partial charge in [-0.3, -0.25) is 14.6 Å². The highest BCUT2D eigenvalue weighted by Crippen LogP contribution is 2.46. The number of nitrogens with one attached hydrogen (secondary N) is 1. The van der Waals surface area contributed by atoms with E-state index in [-0.39, 0.29) is 16.9 Å². The minimum atomic E-state index is -0.0653. The number of methoxy groups -OCH3 is 1. The molecule has 3 heterocycles. The lowest BCUT2D eigenvalue weighted by Gasteiger charge is -2.39. The van der Waals surface area contributed by atoms with Crippen molar-refractivity contribution in [2.75, 3.05) is 20.2 Å². The predicted octanol–water partition coefficient (Wildman–Crippen LogP) is 2.17. The average Bonchev–Trinajstić information content (AvgIpc) is 3.52. The molecular weight excluding hydrogens is 356 g/mol. The Kier molecular flexibility index (Phi) is 4.00. The lowest BCUT2D eigenvalue weighted by molar-refractivity contribution is 0.0657. The number of aromatic nitrogens is 3. The van der Waals surface area contributed by atoms with E-state index in [1.54, 1.807) is 25.4 Å². The van der Waals surface area contributed by atoms with E-state index >= 15 is 0 Å². The monoisotopic (exact) mass is 380 g/mol. The van der Waals surface area contributed by atoms with Gasteiger partial charge < -0.3 is 14.6 Å². The van der Waals surface area contributed by atoms with E-state index in [1.165, 1.54) is 0 Å². The number of carbonyl (C=O) groups is 1. The number of ether oxygens (including phenoxy) is 1. The molecule has 3 aliphatic rings. The zero-order valence-corrected chi connectivity index (χ0v) is 16.0. The molecular formula is C21H24N4O3. The van der Waals surface area contributed by atoms with Crippen molar-refractivity contribution < 1.29 is 9.53 Å². The fraction of sp³-hybridized carbons (Fsp3) is 0.524. The molecule has 2 aromatic heterocycles. The van der Waals surface area contributed by atoms with Crippen LogP contribution in [0.15, 0.2) is 23.1 Å². The van der Waals surface area contributed by atoms with Gasteiger partial charge in [-0.25, -0.2) is 4.98 Å². The fourth-order valence-corrected chi connectivity index (χ4v) is 4.66. The molecule has 1 aliphatic heterocycles. The van der Waals surface area contributed by atoms with Crippen LogP contribution in [0.2, 0.25) is 0 Å². The third kappa shape index (κ3) is 2.80. The van der Waals surface area contributed by atoms with Gasteiger partial charge in [0.15, 0.2) is 0 Å². The van der Waals surface area contributed by atoms with Crippen LogP contribution < -0.4 is 10.3 Å². The number of rotatable bonds is 3. The highest BCUT2D eigenvalue weighted by atomic mass is 16.5. The number of carbonyl (C=O) groups excluding carboxylic acids is 1. The van der Waals surface area contributed by atoms with Crippen LogP contribution in [0.3, 0.4) is 0 Å². The molecule has 0 atom stereocenters. The second-order valence-electron chi connectivity index (χ2n) is 8.21. The summed E-state index contributed by atoms with van der Waals surface area (Å²) in [5.74, 6) is 1.86. The Balaban J connectivity index is 1.37. The number of piperidine rings is 1. The molecule has 7 nitrogen and oxygen atoms in total. The maximum Gasteiger partial charge on any atom is 0.272 e. The van der Waals surface area contributed by atoms with Crippen molar-refractivity contribution >= 4 is 5.91 Å². The molecule has 0 bridgehead atoms. The minimum absolute atomic E-state index is 0.0443. The Morgan fingerprint density at radius 2 is 2.07 bits per heavy atom. The summed E-state index contributed by atoms with van der Waals surface area (Å²) in [4.78, 5) is 39.4. The quantitative estimate of drug-likeness (QED) is 0.882. The number of hydrogen-bond donors (Lipinski definition) is 1. The highest BCUT2D eigenvalue weighted by molar-refractivity contribution is 5.92. The van der Waals surface area contributed by atoms with E-state index in [1.807, 2.05) is 4.90 Å². The summed E-state index contributed by atoms with van der Waals surface area (Å²) in [6.07, 6.45) is 7.25. The summed E-state index contributed by atoms with van der Waals surface area (Å²) in [7, 11) is 1.58. The van der Waals surface area contributed by atoms with Crippen LogP contribution in [0.4, 0.5) is 0 Å². The minimum Gasteiger partial charge on any atom is -0.497 e. The molecule has 1 saturated carbocycles. The van der Waals surface area contributed by atoms with Crippen molar-refractivity contribution in [2.24, 2.45) is 0 Å². The lowest BCUT2D eigenvalue weighted by atomic mass is 9.76. The van der Waals surface area contributed by atoms with Gasteiger partial charge in [0.2, 0.25) is 0 Å². The molecule has 146 valence electrons. The summed E-state index contributed by atoms with van der Waals surface area (Å²) < 4.78 is 5.20. The maximum atomic E-state index is 12.9. The van der Waals surface area contributed by atoms with Gasteiger partial charge in [0.25, 0.3) is 11.5 Å². The molecule has 0 unspecified atom stereocenters. The van der Waals surface area contributed by atoms with Crippen molar-refractivity contribution in [1.29, 1.82) is 0 Å². The first-order valence-corrected chi connectivity index (χ1v) is 10.0. The van der Waals surface area contributed by atoms with Crippen LogP contribution in [0.25, 0.3) is 0 Å². The number of aromatic amines is 1. The first-order valence-electron chi connectivity index (χ1n) is 10.0. The fourth-order valence-electron chi connectivity index (χ4n) is 4.66. The van der Waals surface area contributed by atoms with Crippen molar-refractivity contribution in [3.05, 3.63) is 51.5 Å². The van der Waals surface area contributed by atoms with E-state index < -0.39 is 0 Å². The van der Waals surface area contributed by atoms with E-state index in [4.69, 9.17) is 9.72 Å². The molecule has 1 N–H and O–H groups in total. The van der Waals surface area contributed by atoms with Gasteiger partial charge in [-0.1, -0.05) is 0 Å². The zero-order valence-electron chi connectivity index (χ0n) is 16.0. The number of amides is 1. The number of pyridine rings is 1. The molecule has 0 radical (unpaired) electrons. The summed E-state index contributed by atoms with van der Waals surface area (Å²) in [5, 5.41) is 0. The van der Waals surface area contributed by atoms with Gasteiger partial charge in [0.1, 0.15) is 17.3 Å². The second-order valence-corrected chi connectivity index (χ2v) is 8.21. The molecule has 7 heteroatoms. The summed E-state index contributed by atoms with van der Waals surface area (Å²) in [6, 6.07) is 3.42. The van der Waals surface area contributed by atoms with Gasteiger partial charge in [-0.05, 0) is 44.6 Å². The summed E-state index contributed by atoms with van der Waals surface area (Å²) in [6.45, 7) is 1.31. The van der Waals surface area contributed by atoms with Crippen LogP contribution in [-0.2, 0) is 11.8 Å². The zero-order chi connectivity index (χ0) is 19.3. The van der Waals surface area contributed by atoms with Crippen LogP contribution in [0, 0.1) is 0 Å². The second kappa shape index (κ2) is 6.43. The molecule has 5 rings (SSSR count). The third-order valence-corrected chi connectivity index (χ3v) is 6.55. The SMILES string of the molecule is COc1ccnc(C(=O)N2CCC3(CCc4c3nc(C3CC3)[nH]c4=O)CC2)c1. The molecule has 1 amide bonds. The molecule has 2 fully saturated rings. The standard InChI is InChI=1S/C21H24N4O3/c1-28-14-5-9-22-16(12-14)20(27)25-10-7-21(8-11-25)6-4-15-17(21)23-18(13-2-3-13)24-19(15)26/h5,9,12-13H,2-4,6-8,10-11H2,1H3,(H,23,24,26). The van der Waals surface area contributed by atoms with Crippen LogP contribution >= 0.6 is 0 Å². The number of fused-ring (bicyclic) bond motifs is 2. The van der Waals surface area contributed by atoms with Gasteiger partial charge >= 0.3 is 0 Å². The Bertz CT molecular complexity index is 987. The van der Waals surface area contributed by atoms with Crippen molar-refractivity contribution in [3.63, 3.8) is 0 Å². The summed E-state index contributed by atoms with van der Waals surface area (Å²) >= 11 is 0. The Morgan fingerprint density at radius 3 is 2.79 bits per heavy atom. The van der Waals surface area contributed by atoms with E-state index in [0.29, 0.717) is 30.5 Å². The third-order valence-electron chi connectivity index (χ3n) is 6.55. The van der Waals surface area contributed by atoms with Gasteiger partial charge in [-0.15, -0.1) is 0 Å². The van der Waals surface area contributed by atoms with Gasteiger partial charge in [0.05, 0.1) is 12.8 Å². The largest absolute Gasteiger partial charge is 0.497 e. The van der Waals surface area contributed by atoms with E-state index in [2.05, 4.69) is 9.97 Å². The molecule has 0 aromatic carbocycles. The Labute approximate surface area is 163 Å². The van der Waals surface area contributed by atoms with Crippen LogP contribution in [0.5, 0.6) is 5.75 Å². The number of likely N-dealkylation sites (tertiary alicyclic amines) is 1. The molecule has 28 heavy (non-hydrogen) atoms. The highest BCUT2D eigenvalue weighted by Gasteiger charge is 2.45. The van der Waals surface area contributed by atoms with Crippen LogP contribution in [-0.4, -0.2) is 46.0 Å². The topological polar surface area (TPSA) is 88.2 Å². The molecule has 2 aliphatic carbocycles. The Morgan fingerprint density at radius 1 is 1.29 bits per heavy atom. The number of hydrogen-bond acceptors (Lipinski definition) is 5. The first kappa shape index (κ1) is 17.4. The van der Waals surface area contributed by atoms with Crippen molar-refractivity contribution in [1.82, 2.24) is 19.9 Å². The number of H-pyrrole nitrogens is 1. The van der Waals surface area contributed by atoms with Crippen molar-refractivity contribution in [3.8, 4) is 5.75 Å². The summed E-state index contributed by atoms with van der Waals surface area (Å²) in [5.41, 5.74) is 2.25. The van der Waals surface area contributed by atoms with Gasteiger partial charge in [-0.2, -0.15) is 0 Å². The maximum absolute atomic E-state index is 12.9. The van der Waals surface area contributed by atoms with Crippen LogP contribution in [0.1, 0.15) is 65.6 Å². The van der Waals surface area contributed by atoms with E-state index in [9.17, 15) is 9.59 Å². The van der Waals surface area contributed by atoms with E-state index in [0.717, 1.165) is 55.6 Å². The molecule has 1 spiro atoms. The predicted molar refractivity (Wildman–Crippen MR) is 103 cm³/mol. The Hall–Kier alpha value is -2.70. The normalized spacial score (nSPS) is 20.2. The number of nitrogens with zero attached hydrogens (tertiary/aromatic N) is 3. The smallest absolute Gasteiger partial charge is 0.272 e.